The van der Waals surface area contributed by atoms with Gasteiger partial charge in [0.2, 0.25) is 5.91 Å². The van der Waals surface area contributed by atoms with Gasteiger partial charge < -0.3 is 20.5 Å². The molecule has 0 radical (unpaired) electrons. The van der Waals surface area contributed by atoms with Crippen LogP contribution in [0.15, 0.2) is 24.3 Å². The van der Waals surface area contributed by atoms with Gasteiger partial charge in [0.25, 0.3) is 0 Å². The van der Waals surface area contributed by atoms with Crippen molar-refractivity contribution in [1.29, 1.82) is 0 Å². The summed E-state index contributed by atoms with van der Waals surface area (Å²) in [6.07, 6.45) is 0. The van der Waals surface area contributed by atoms with Gasteiger partial charge in [-0.3, -0.25) is 4.79 Å². The summed E-state index contributed by atoms with van der Waals surface area (Å²) in [6, 6.07) is 6.52. The van der Waals surface area contributed by atoms with Crippen LogP contribution in [0.1, 0.15) is 15.9 Å². The first-order valence-electron chi connectivity index (χ1n) is 5.92. The van der Waals surface area contributed by atoms with Gasteiger partial charge in [-0.15, -0.1) is 0 Å². The third-order valence-corrected chi connectivity index (χ3v) is 2.44. The molecule has 1 rings (SSSR count). The predicted molar refractivity (Wildman–Crippen MR) is 70.0 cm³/mol. The number of hydrogen-bond acceptors (Lipinski definition) is 4. The smallest absolute Gasteiger partial charge is 0.335 e. The zero-order valence-corrected chi connectivity index (χ0v) is 10.8. The number of carbonyl (C=O) groups is 2. The fourth-order valence-corrected chi connectivity index (χ4v) is 1.44. The molecule has 0 saturated carbocycles. The van der Waals surface area contributed by atoms with E-state index in [1.807, 2.05) is 0 Å². The van der Waals surface area contributed by atoms with Gasteiger partial charge in [0, 0.05) is 20.2 Å². The minimum absolute atomic E-state index is 0.0980. The average molecular weight is 266 g/mol. The van der Waals surface area contributed by atoms with Crippen molar-refractivity contribution in [3.05, 3.63) is 35.4 Å². The van der Waals surface area contributed by atoms with Crippen molar-refractivity contribution in [2.45, 2.75) is 6.54 Å². The normalized spacial score (nSPS) is 10.2. The Morgan fingerprint density at radius 2 is 1.95 bits per heavy atom. The molecule has 19 heavy (non-hydrogen) atoms. The van der Waals surface area contributed by atoms with E-state index in [1.54, 1.807) is 19.2 Å². The Labute approximate surface area is 111 Å². The number of aromatic carboxylic acids is 1. The molecule has 0 spiro atoms. The third kappa shape index (κ3) is 5.98. The Hall–Kier alpha value is -1.92. The molecule has 0 aliphatic carbocycles. The number of hydrogen-bond donors (Lipinski definition) is 3. The SMILES string of the molecule is COCCNC(=O)CNCc1ccc(C(=O)O)cc1. The molecule has 0 saturated heterocycles. The van der Waals surface area contributed by atoms with Crippen molar-refractivity contribution in [3.8, 4) is 0 Å². The van der Waals surface area contributed by atoms with Gasteiger partial charge in [0.1, 0.15) is 0 Å². The van der Waals surface area contributed by atoms with Crippen LogP contribution in [0.2, 0.25) is 0 Å². The molecule has 0 atom stereocenters. The second-order valence-electron chi connectivity index (χ2n) is 3.95. The van der Waals surface area contributed by atoms with E-state index in [1.165, 1.54) is 12.1 Å². The van der Waals surface area contributed by atoms with Crippen LogP contribution in [0.5, 0.6) is 0 Å². The molecule has 0 aliphatic heterocycles. The molecule has 1 aromatic carbocycles. The first-order chi connectivity index (χ1) is 9.13. The average Bonchev–Trinajstić information content (AvgIpc) is 2.39. The lowest BCUT2D eigenvalue weighted by atomic mass is 10.1. The molecule has 0 bridgehead atoms. The molecule has 0 aromatic heterocycles. The zero-order chi connectivity index (χ0) is 14.1. The van der Waals surface area contributed by atoms with Crippen LogP contribution in [0.4, 0.5) is 0 Å². The fourth-order valence-electron chi connectivity index (χ4n) is 1.44. The molecule has 1 amide bonds. The summed E-state index contributed by atoms with van der Waals surface area (Å²) in [4.78, 5) is 22.0. The molecule has 3 N–H and O–H groups in total. The number of methoxy groups -OCH3 is 1. The van der Waals surface area contributed by atoms with E-state index in [0.717, 1.165) is 5.56 Å². The largest absolute Gasteiger partial charge is 0.478 e. The van der Waals surface area contributed by atoms with Crippen LogP contribution in [0.3, 0.4) is 0 Å². The number of amides is 1. The van der Waals surface area contributed by atoms with Crippen LogP contribution in [-0.2, 0) is 16.1 Å². The molecule has 0 fully saturated rings. The molecule has 6 nitrogen and oxygen atoms in total. The number of carboxylic acid groups (broad SMARTS) is 1. The van der Waals surface area contributed by atoms with Crippen molar-refractivity contribution in [3.63, 3.8) is 0 Å². The van der Waals surface area contributed by atoms with E-state index in [4.69, 9.17) is 9.84 Å². The van der Waals surface area contributed by atoms with Crippen molar-refractivity contribution in [1.82, 2.24) is 10.6 Å². The number of nitrogens with one attached hydrogen (secondary N) is 2. The highest BCUT2D eigenvalue weighted by molar-refractivity contribution is 5.87. The van der Waals surface area contributed by atoms with E-state index >= 15 is 0 Å². The molecule has 0 aliphatic rings. The van der Waals surface area contributed by atoms with Crippen molar-refractivity contribution in [2.75, 3.05) is 26.8 Å². The second kappa shape index (κ2) is 8.23. The fraction of sp³-hybridized carbons (Fsp3) is 0.385. The van der Waals surface area contributed by atoms with Gasteiger partial charge in [-0.1, -0.05) is 12.1 Å². The summed E-state index contributed by atoms with van der Waals surface area (Å²) in [7, 11) is 1.57. The Morgan fingerprint density at radius 3 is 2.53 bits per heavy atom. The first kappa shape index (κ1) is 15.1. The second-order valence-corrected chi connectivity index (χ2v) is 3.95. The number of carboxylic acids is 1. The van der Waals surface area contributed by atoms with Gasteiger partial charge in [-0.2, -0.15) is 0 Å². The number of benzene rings is 1. The minimum atomic E-state index is -0.947. The predicted octanol–water partition coefficient (Wildman–Crippen LogP) is 0.237. The molecule has 1 aromatic rings. The van der Waals surface area contributed by atoms with E-state index in [0.29, 0.717) is 19.7 Å². The van der Waals surface area contributed by atoms with E-state index in [-0.39, 0.29) is 18.0 Å². The van der Waals surface area contributed by atoms with Crippen LogP contribution in [-0.4, -0.2) is 43.8 Å². The Balaban J connectivity index is 2.25. The molecule has 104 valence electrons. The summed E-state index contributed by atoms with van der Waals surface area (Å²) in [5.41, 5.74) is 1.18. The Morgan fingerprint density at radius 1 is 1.26 bits per heavy atom. The minimum Gasteiger partial charge on any atom is -0.478 e. The van der Waals surface area contributed by atoms with Gasteiger partial charge in [0.15, 0.2) is 0 Å². The zero-order valence-electron chi connectivity index (χ0n) is 10.8. The highest BCUT2D eigenvalue weighted by Gasteiger charge is 2.02. The summed E-state index contributed by atoms with van der Waals surface area (Å²) in [5, 5.41) is 14.4. The lowest BCUT2D eigenvalue weighted by Gasteiger charge is -2.06. The van der Waals surface area contributed by atoms with Gasteiger partial charge in [-0.25, -0.2) is 4.79 Å². The standard InChI is InChI=1S/C13H18N2O4/c1-19-7-6-15-12(16)9-14-8-10-2-4-11(5-3-10)13(17)18/h2-5,14H,6-9H2,1H3,(H,15,16)(H,17,18). The van der Waals surface area contributed by atoms with Crippen molar-refractivity contribution >= 4 is 11.9 Å². The molecule has 0 unspecified atom stereocenters. The number of carbonyl (C=O) groups excluding carboxylic acids is 1. The van der Waals surface area contributed by atoms with E-state index in [2.05, 4.69) is 10.6 Å². The molecular weight excluding hydrogens is 248 g/mol. The topological polar surface area (TPSA) is 87.7 Å². The molecule has 0 heterocycles. The van der Waals surface area contributed by atoms with Gasteiger partial charge in [-0.05, 0) is 17.7 Å². The number of ether oxygens (including phenoxy) is 1. The van der Waals surface area contributed by atoms with E-state index in [9.17, 15) is 9.59 Å². The summed E-state index contributed by atoms with van der Waals surface area (Å²) in [6.45, 7) is 1.70. The summed E-state index contributed by atoms with van der Waals surface area (Å²) >= 11 is 0. The first-order valence-corrected chi connectivity index (χ1v) is 5.92. The van der Waals surface area contributed by atoms with Crippen LogP contribution >= 0.6 is 0 Å². The highest BCUT2D eigenvalue weighted by atomic mass is 16.5. The van der Waals surface area contributed by atoms with Crippen LogP contribution in [0.25, 0.3) is 0 Å². The number of rotatable bonds is 8. The van der Waals surface area contributed by atoms with Crippen LogP contribution < -0.4 is 10.6 Å². The van der Waals surface area contributed by atoms with Crippen LogP contribution in [0, 0.1) is 0 Å². The van der Waals surface area contributed by atoms with Gasteiger partial charge >= 0.3 is 5.97 Å². The van der Waals surface area contributed by atoms with Crippen molar-refractivity contribution < 1.29 is 19.4 Å². The third-order valence-electron chi connectivity index (χ3n) is 2.44. The highest BCUT2D eigenvalue weighted by Crippen LogP contribution is 2.03. The molecular formula is C13H18N2O4. The Bertz CT molecular complexity index is 417. The van der Waals surface area contributed by atoms with Crippen molar-refractivity contribution in [2.24, 2.45) is 0 Å². The maximum absolute atomic E-state index is 11.3. The summed E-state index contributed by atoms with van der Waals surface area (Å²) in [5.74, 6) is -1.05. The van der Waals surface area contributed by atoms with E-state index < -0.39 is 5.97 Å². The summed E-state index contributed by atoms with van der Waals surface area (Å²) < 4.78 is 4.81. The quantitative estimate of drug-likeness (QED) is 0.587. The lowest BCUT2D eigenvalue weighted by molar-refractivity contribution is -0.120. The molecule has 6 heteroatoms. The Kier molecular flexibility index (Phi) is 6.56. The lowest BCUT2D eigenvalue weighted by Crippen LogP contribution is -2.35. The van der Waals surface area contributed by atoms with Gasteiger partial charge in [0.05, 0.1) is 18.7 Å². The maximum Gasteiger partial charge on any atom is 0.335 e. The maximum atomic E-state index is 11.3. The monoisotopic (exact) mass is 266 g/mol.